The van der Waals surface area contributed by atoms with Crippen molar-refractivity contribution < 1.29 is 0 Å². The van der Waals surface area contributed by atoms with E-state index in [2.05, 4.69) is 53.6 Å². The van der Waals surface area contributed by atoms with E-state index in [9.17, 15) is 0 Å². The van der Waals surface area contributed by atoms with Crippen LogP contribution in [0.2, 0.25) is 0 Å². The largest absolute Gasteiger partial charge is 0.334 e. The van der Waals surface area contributed by atoms with Crippen molar-refractivity contribution in [2.75, 3.05) is 11.5 Å². The lowest BCUT2D eigenvalue weighted by Crippen LogP contribution is -2.35. The average Bonchev–Trinajstić information content (AvgIpc) is 2.75. The highest BCUT2D eigenvalue weighted by Gasteiger charge is 2.16. The molecule has 0 spiro atoms. The molecule has 1 aromatic heterocycles. The summed E-state index contributed by atoms with van der Waals surface area (Å²) < 4.78 is 2.30. The van der Waals surface area contributed by atoms with E-state index < -0.39 is 0 Å². The predicted octanol–water partition coefficient (Wildman–Crippen LogP) is 2.84. The quantitative estimate of drug-likeness (QED) is 0.898. The van der Waals surface area contributed by atoms with Gasteiger partial charge < -0.3 is 9.88 Å². The molecule has 0 atom stereocenters. The van der Waals surface area contributed by atoms with Crippen molar-refractivity contribution in [2.24, 2.45) is 0 Å². The van der Waals surface area contributed by atoms with Gasteiger partial charge in [0.1, 0.15) is 0 Å². The topological polar surface area (TPSA) is 29.9 Å². The number of rotatable bonds is 3. The normalized spacial score (nSPS) is 18.5. The van der Waals surface area contributed by atoms with Gasteiger partial charge in [-0.15, -0.1) is 0 Å². The molecule has 0 amide bonds. The Morgan fingerprint density at radius 2 is 2.12 bits per heavy atom. The van der Waals surface area contributed by atoms with E-state index in [0.29, 0.717) is 6.04 Å². The van der Waals surface area contributed by atoms with Crippen molar-refractivity contribution in [3.63, 3.8) is 0 Å². The lowest BCUT2D eigenvalue weighted by atomic mass is 10.1. The van der Waals surface area contributed by atoms with Crippen molar-refractivity contribution in [3.05, 3.63) is 18.2 Å². The van der Waals surface area contributed by atoms with E-state index in [4.69, 9.17) is 0 Å². The Balaban J connectivity index is 1.91. The molecule has 1 aromatic rings. The molecule has 3 nitrogen and oxygen atoms in total. The van der Waals surface area contributed by atoms with Crippen molar-refractivity contribution in [3.8, 4) is 0 Å². The Morgan fingerprint density at radius 1 is 1.41 bits per heavy atom. The van der Waals surface area contributed by atoms with E-state index in [1.54, 1.807) is 0 Å². The second-order valence-electron chi connectivity index (χ2n) is 5.76. The molecule has 4 heteroatoms. The summed E-state index contributed by atoms with van der Waals surface area (Å²) in [6, 6.07) is 0.673. The lowest BCUT2D eigenvalue weighted by molar-refractivity contribution is 0.421. The van der Waals surface area contributed by atoms with Crippen LogP contribution in [0.3, 0.4) is 0 Å². The molecule has 0 saturated carbocycles. The number of aromatic nitrogens is 2. The van der Waals surface area contributed by atoms with Gasteiger partial charge in [-0.25, -0.2) is 4.98 Å². The van der Waals surface area contributed by atoms with Gasteiger partial charge in [0.25, 0.3) is 0 Å². The van der Waals surface area contributed by atoms with Crippen molar-refractivity contribution in [1.29, 1.82) is 0 Å². The first kappa shape index (κ1) is 13.0. The minimum absolute atomic E-state index is 0.158. The summed E-state index contributed by atoms with van der Waals surface area (Å²) in [6.07, 6.45) is 6.78. The van der Waals surface area contributed by atoms with Gasteiger partial charge in [-0.1, -0.05) is 0 Å². The molecular weight excluding hydrogens is 230 g/mol. The zero-order chi connectivity index (χ0) is 12.3. The van der Waals surface area contributed by atoms with Gasteiger partial charge in [-0.05, 0) is 45.1 Å². The van der Waals surface area contributed by atoms with Gasteiger partial charge in [-0.3, -0.25) is 0 Å². The Labute approximate surface area is 108 Å². The van der Waals surface area contributed by atoms with Crippen molar-refractivity contribution >= 4 is 11.8 Å². The number of thioether (sulfide) groups is 1. The summed E-state index contributed by atoms with van der Waals surface area (Å²) in [5.74, 6) is 2.58. The zero-order valence-corrected chi connectivity index (χ0v) is 11.9. The Bertz CT molecular complexity index is 348. The van der Waals surface area contributed by atoms with Crippen LogP contribution in [0.1, 0.15) is 45.3 Å². The highest BCUT2D eigenvalue weighted by Crippen LogP contribution is 2.26. The molecule has 1 fully saturated rings. The number of imidazole rings is 1. The summed E-state index contributed by atoms with van der Waals surface area (Å²) in [6.45, 7) is 7.41. The van der Waals surface area contributed by atoms with Crippen molar-refractivity contribution in [2.45, 2.75) is 51.7 Å². The van der Waals surface area contributed by atoms with E-state index in [0.717, 1.165) is 12.2 Å². The Morgan fingerprint density at radius 3 is 2.76 bits per heavy atom. The second kappa shape index (κ2) is 5.44. The third kappa shape index (κ3) is 4.03. The number of nitrogens with one attached hydrogen (secondary N) is 1. The fraction of sp³-hybridized carbons (Fsp3) is 0.769. The second-order valence-corrected chi connectivity index (χ2v) is 6.98. The number of nitrogens with zero attached hydrogens (tertiary/aromatic N) is 2. The molecule has 17 heavy (non-hydrogen) atoms. The highest BCUT2D eigenvalue weighted by atomic mass is 32.2. The summed E-state index contributed by atoms with van der Waals surface area (Å²) >= 11 is 2.07. The maximum Gasteiger partial charge on any atom is 0.0952 e. The summed E-state index contributed by atoms with van der Waals surface area (Å²) in [5, 5.41) is 3.47. The summed E-state index contributed by atoms with van der Waals surface area (Å²) in [4.78, 5) is 4.49. The third-order valence-electron chi connectivity index (χ3n) is 3.07. The highest BCUT2D eigenvalue weighted by molar-refractivity contribution is 7.99. The molecule has 2 rings (SSSR count). The summed E-state index contributed by atoms with van der Waals surface area (Å²) in [5.41, 5.74) is 1.31. The van der Waals surface area contributed by atoms with Crippen LogP contribution in [-0.2, 0) is 6.54 Å². The number of hydrogen-bond acceptors (Lipinski definition) is 3. The van der Waals surface area contributed by atoms with E-state index in [1.807, 2.05) is 6.33 Å². The fourth-order valence-electron chi connectivity index (χ4n) is 2.01. The van der Waals surface area contributed by atoms with Crippen LogP contribution >= 0.6 is 11.8 Å². The van der Waals surface area contributed by atoms with Gasteiger partial charge in [-0.2, -0.15) is 11.8 Å². The van der Waals surface area contributed by atoms with Crippen LogP contribution in [0.4, 0.5) is 0 Å². The van der Waals surface area contributed by atoms with Gasteiger partial charge >= 0.3 is 0 Å². The molecule has 1 aliphatic heterocycles. The van der Waals surface area contributed by atoms with Crippen LogP contribution in [0, 0.1) is 0 Å². The van der Waals surface area contributed by atoms with E-state index in [-0.39, 0.29) is 5.54 Å². The third-order valence-corrected chi connectivity index (χ3v) is 4.12. The molecule has 2 heterocycles. The molecule has 1 N–H and O–H groups in total. The van der Waals surface area contributed by atoms with E-state index in [1.165, 1.54) is 24.3 Å². The SMILES string of the molecule is CC(C)(C)NCc1cn(C2CCSCC2)cn1. The minimum atomic E-state index is 0.158. The first-order chi connectivity index (χ1) is 8.04. The lowest BCUT2D eigenvalue weighted by Gasteiger charge is -2.22. The molecule has 0 radical (unpaired) electrons. The molecule has 0 aliphatic carbocycles. The first-order valence-electron chi connectivity index (χ1n) is 6.40. The van der Waals surface area contributed by atoms with E-state index >= 15 is 0 Å². The van der Waals surface area contributed by atoms with Crippen LogP contribution in [0.15, 0.2) is 12.5 Å². The molecule has 0 aromatic carbocycles. The maximum atomic E-state index is 4.49. The number of hydrogen-bond donors (Lipinski definition) is 1. The molecule has 0 unspecified atom stereocenters. The van der Waals surface area contributed by atoms with Gasteiger partial charge in [0, 0.05) is 24.3 Å². The molecule has 1 aliphatic rings. The smallest absolute Gasteiger partial charge is 0.0952 e. The molecule has 96 valence electrons. The summed E-state index contributed by atoms with van der Waals surface area (Å²) in [7, 11) is 0. The maximum absolute atomic E-state index is 4.49. The first-order valence-corrected chi connectivity index (χ1v) is 7.55. The zero-order valence-electron chi connectivity index (χ0n) is 11.1. The Kier molecular flexibility index (Phi) is 4.15. The minimum Gasteiger partial charge on any atom is -0.334 e. The van der Waals surface area contributed by atoms with Gasteiger partial charge in [0.2, 0.25) is 0 Å². The molecule has 1 saturated heterocycles. The predicted molar refractivity (Wildman–Crippen MR) is 74.4 cm³/mol. The van der Waals surface area contributed by atoms with Crippen LogP contribution < -0.4 is 5.32 Å². The molecule has 0 bridgehead atoms. The fourth-order valence-corrected chi connectivity index (χ4v) is 3.09. The monoisotopic (exact) mass is 253 g/mol. The Hall–Kier alpha value is -0.480. The van der Waals surface area contributed by atoms with Crippen LogP contribution in [-0.4, -0.2) is 26.6 Å². The standard InChI is InChI=1S/C13H23N3S/c1-13(2,3)15-8-11-9-16(10-14-11)12-4-6-17-7-5-12/h9-10,12,15H,4-8H2,1-3H3. The van der Waals surface area contributed by atoms with Gasteiger partial charge in [0.05, 0.1) is 12.0 Å². The van der Waals surface area contributed by atoms with Gasteiger partial charge in [0.15, 0.2) is 0 Å². The van der Waals surface area contributed by atoms with Crippen LogP contribution in [0.25, 0.3) is 0 Å². The average molecular weight is 253 g/mol. The van der Waals surface area contributed by atoms with Crippen molar-refractivity contribution in [1.82, 2.24) is 14.9 Å². The molecular formula is C13H23N3S. The van der Waals surface area contributed by atoms with Crippen LogP contribution in [0.5, 0.6) is 0 Å².